The molecule has 0 aromatic rings. The van der Waals surface area contributed by atoms with Gasteiger partial charge in [0.25, 0.3) is 0 Å². The van der Waals surface area contributed by atoms with Crippen molar-refractivity contribution in [3.8, 4) is 0 Å². The summed E-state index contributed by atoms with van der Waals surface area (Å²) in [7, 11) is 0. The zero-order valence-corrected chi connectivity index (χ0v) is 13.6. The summed E-state index contributed by atoms with van der Waals surface area (Å²) in [5.74, 6) is 0.743. The maximum atomic E-state index is 3.72. The Morgan fingerprint density at radius 1 is 1.05 bits per heavy atom. The maximum absolute atomic E-state index is 3.72. The summed E-state index contributed by atoms with van der Waals surface area (Å²) < 4.78 is 0. The van der Waals surface area contributed by atoms with E-state index in [0.717, 1.165) is 12.0 Å². The standard InChI is InChI=1S/C16H33N3/c1-13(2)15(12-17-14-6-7-14)18-8-10-19(11-9-18)16(3,4)5/h13-15,17H,6-12H2,1-5H3. The SMILES string of the molecule is CC(C)C(CNC1CC1)N1CCN(C(C)(C)C)CC1. The summed E-state index contributed by atoms with van der Waals surface area (Å²) in [5.41, 5.74) is 0.325. The van der Waals surface area contributed by atoms with Crippen LogP contribution in [0.1, 0.15) is 47.5 Å². The van der Waals surface area contributed by atoms with Gasteiger partial charge in [0.2, 0.25) is 0 Å². The Hall–Kier alpha value is -0.120. The monoisotopic (exact) mass is 267 g/mol. The summed E-state index contributed by atoms with van der Waals surface area (Å²) in [6, 6.07) is 1.54. The minimum Gasteiger partial charge on any atom is -0.312 e. The van der Waals surface area contributed by atoms with Gasteiger partial charge in [0.1, 0.15) is 0 Å². The molecule has 1 aliphatic carbocycles. The molecule has 2 aliphatic rings. The van der Waals surface area contributed by atoms with Crippen LogP contribution in [0.2, 0.25) is 0 Å². The van der Waals surface area contributed by atoms with Crippen LogP contribution in [-0.2, 0) is 0 Å². The highest BCUT2D eigenvalue weighted by atomic mass is 15.3. The van der Waals surface area contributed by atoms with Gasteiger partial charge >= 0.3 is 0 Å². The van der Waals surface area contributed by atoms with Crippen LogP contribution in [-0.4, -0.2) is 60.1 Å². The second-order valence-corrected chi connectivity index (χ2v) is 7.69. The van der Waals surface area contributed by atoms with E-state index in [9.17, 15) is 0 Å². The summed E-state index contributed by atoms with van der Waals surface area (Å²) in [5, 5.41) is 3.72. The molecule has 1 aliphatic heterocycles. The van der Waals surface area contributed by atoms with Crippen molar-refractivity contribution in [1.82, 2.24) is 15.1 Å². The van der Waals surface area contributed by atoms with Crippen molar-refractivity contribution in [1.29, 1.82) is 0 Å². The Bertz CT molecular complexity index is 270. The third kappa shape index (κ3) is 4.44. The molecule has 1 saturated heterocycles. The van der Waals surface area contributed by atoms with Gasteiger partial charge in [-0.3, -0.25) is 9.80 Å². The number of nitrogens with one attached hydrogen (secondary N) is 1. The van der Waals surface area contributed by atoms with Crippen LogP contribution in [0.5, 0.6) is 0 Å². The molecular weight excluding hydrogens is 234 g/mol. The summed E-state index contributed by atoms with van der Waals surface area (Å²) in [6.07, 6.45) is 2.78. The average molecular weight is 267 g/mol. The lowest BCUT2D eigenvalue weighted by atomic mass is 9.99. The number of hydrogen-bond acceptors (Lipinski definition) is 3. The third-order valence-electron chi connectivity index (χ3n) is 4.69. The van der Waals surface area contributed by atoms with E-state index in [2.05, 4.69) is 49.7 Å². The number of hydrogen-bond donors (Lipinski definition) is 1. The molecule has 0 spiro atoms. The third-order valence-corrected chi connectivity index (χ3v) is 4.69. The minimum absolute atomic E-state index is 0.325. The Morgan fingerprint density at radius 2 is 1.63 bits per heavy atom. The summed E-state index contributed by atoms with van der Waals surface area (Å²) in [6.45, 7) is 17.8. The lowest BCUT2D eigenvalue weighted by molar-refractivity contribution is 0.0311. The molecule has 2 rings (SSSR count). The molecule has 0 aromatic heterocycles. The van der Waals surface area contributed by atoms with E-state index in [4.69, 9.17) is 0 Å². The number of rotatable bonds is 5. The van der Waals surface area contributed by atoms with Gasteiger partial charge in [-0.25, -0.2) is 0 Å². The van der Waals surface area contributed by atoms with E-state index in [1.165, 1.54) is 45.6 Å². The molecule has 0 aromatic carbocycles. The number of nitrogens with zero attached hydrogens (tertiary/aromatic N) is 2. The van der Waals surface area contributed by atoms with Crippen molar-refractivity contribution in [3.05, 3.63) is 0 Å². The smallest absolute Gasteiger partial charge is 0.0244 e. The molecule has 1 unspecified atom stereocenters. The van der Waals surface area contributed by atoms with Crippen LogP contribution in [0.4, 0.5) is 0 Å². The van der Waals surface area contributed by atoms with Crippen LogP contribution in [0.3, 0.4) is 0 Å². The minimum atomic E-state index is 0.325. The first kappa shape index (κ1) is 15.3. The molecule has 1 heterocycles. The van der Waals surface area contributed by atoms with Crippen molar-refractivity contribution in [3.63, 3.8) is 0 Å². The molecule has 112 valence electrons. The van der Waals surface area contributed by atoms with Gasteiger partial charge < -0.3 is 5.32 Å². The Kier molecular flexibility index (Phi) is 4.91. The topological polar surface area (TPSA) is 18.5 Å². The fourth-order valence-electron chi connectivity index (χ4n) is 3.09. The molecular formula is C16H33N3. The highest BCUT2D eigenvalue weighted by Crippen LogP contribution is 2.22. The van der Waals surface area contributed by atoms with Gasteiger partial charge in [0, 0.05) is 50.3 Å². The Labute approximate surface area is 119 Å². The van der Waals surface area contributed by atoms with E-state index >= 15 is 0 Å². The molecule has 0 amide bonds. The van der Waals surface area contributed by atoms with E-state index in [0.29, 0.717) is 11.6 Å². The maximum Gasteiger partial charge on any atom is 0.0244 e. The molecule has 2 fully saturated rings. The first-order valence-electron chi connectivity index (χ1n) is 8.10. The zero-order chi connectivity index (χ0) is 14.0. The van der Waals surface area contributed by atoms with E-state index in [1.807, 2.05) is 0 Å². The van der Waals surface area contributed by atoms with Crippen molar-refractivity contribution >= 4 is 0 Å². The van der Waals surface area contributed by atoms with Gasteiger partial charge in [0.05, 0.1) is 0 Å². The van der Waals surface area contributed by atoms with Gasteiger partial charge in [-0.1, -0.05) is 13.8 Å². The van der Waals surface area contributed by atoms with Crippen LogP contribution in [0.15, 0.2) is 0 Å². The normalized spacial score (nSPS) is 24.9. The predicted octanol–water partition coefficient (Wildman–Crippen LogP) is 2.18. The second kappa shape index (κ2) is 6.11. The van der Waals surface area contributed by atoms with Crippen LogP contribution >= 0.6 is 0 Å². The van der Waals surface area contributed by atoms with Crippen LogP contribution < -0.4 is 5.32 Å². The quantitative estimate of drug-likeness (QED) is 0.824. The highest BCUT2D eigenvalue weighted by molar-refractivity contribution is 4.89. The first-order valence-corrected chi connectivity index (χ1v) is 8.10. The van der Waals surface area contributed by atoms with Crippen molar-refractivity contribution in [2.24, 2.45) is 5.92 Å². The van der Waals surface area contributed by atoms with Gasteiger partial charge in [-0.05, 0) is 39.5 Å². The van der Waals surface area contributed by atoms with Gasteiger partial charge in [0.15, 0.2) is 0 Å². The van der Waals surface area contributed by atoms with Crippen LogP contribution in [0, 0.1) is 5.92 Å². The molecule has 3 heteroatoms. The molecule has 0 radical (unpaired) electrons. The molecule has 0 bridgehead atoms. The Balaban J connectivity index is 1.82. The van der Waals surface area contributed by atoms with E-state index in [1.54, 1.807) is 0 Å². The predicted molar refractivity (Wildman–Crippen MR) is 82.5 cm³/mol. The molecule has 1 atom stereocenters. The number of piperazine rings is 1. The molecule has 1 N–H and O–H groups in total. The van der Waals surface area contributed by atoms with Gasteiger partial charge in [-0.2, -0.15) is 0 Å². The molecule has 1 saturated carbocycles. The van der Waals surface area contributed by atoms with Gasteiger partial charge in [-0.15, -0.1) is 0 Å². The largest absolute Gasteiger partial charge is 0.312 e. The molecule has 19 heavy (non-hydrogen) atoms. The van der Waals surface area contributed by atoms with E-state index < -0.39 is 0 Å². The second-order valence-electron chi connectivity index (χ2n) is 7.69. The Morgan fingerprint density at radius 3 is 2.05 bits per heavy atom. The fourth-order valence-corrected chi connectivity index (χ4v) is 3.09. The summed E-state index contributed by atoms with van der Waals surface area (Å²) >= 11 is 0. The lowest BCUT2D eigenvalue weighted by Gasteiger charge is -2.45. The van der Waals surface area contributed by atoms with Crippen LogP contribution in [0.25, 0.3) is 0 Å². The lowest BCUT2D eigenvalue weighted by Crippen LogP contribution is -2.58. The van der Waals surface area contributed by atoms with Crippen molar-refractivity contribution < 1.29 is 0 Å². The highest BCUT2D eigenvalue weighted by Gasteiger charge is 2.31. The summed E-state index contributed by atoms with van der Waals surface area (Å²) in [4.78, 5) is 5.33. The van der Waals surface area contributed by atoms with Crippen molar-refractivity contribution in [2.45, 2.75) is 65.1 Å². The van der Waals surface area contributed by atoms with Crippen molar-refractivity contribution in [2.75, 3.05) is 32.7 Å². The zero-order valence-electron chi connectivity index (χ0n) is 13.6. The molecule has 3 nitrogen and oxygen atoms in total. The average Bonchev–Trinajstić information content (AvgIpc) is 3.12. The first-order chi connectivity index (χ1) is 8.88. The van der Waals surface area contributed by atoms with E-state index in [-0.39, 0.29) is 0 Å². The fraction of sp³-hybridized carbons (Fsp3) is 1.00.